The van der Waals surface area contributed by atoms with Gasteiger partial charge in [-0.3, -0.25) is 0 Å². The molecule has 100 valence electrons. The Morgan fingerprint density at radius 2 is 2.12 bits per heavy atom. The second-order valence-corrected chi connectivity index (χ2v) is 6.32. The number of hydrogen-bond donors (Lipinski definition) is 1. The van der Waals surface area contributed by atoms with Crippen molar-refractivity contribution in [1.29, 1.82) is 0 Å². The standard InChI is InChI=1S/C13H26N2OS/c1-15(12-5-10-17-11-12)8-2-9-16-13-3-6-14-7-4-13/h12-14H,2-11H2,1H3. The summed E-state index contributed by atoms with van der Waals surface area (Å²) in [7, 11) is 2.26. The molecule has 0 amide bonds. The highest BCUT2D eigenvalue weighted by molar-refractivity contribution is 7.99. The van der Waals surface area contributed by atoms with Gasteiger partial charge in [-0.15, -0.1) is 0 Å². The number of ether oxygens (including phenoxy) is 1. The van der Waals surface area contributed by atoms with E-state index in [0.29, 0.717) is 6.10 Å². The molecule has 1 unspecified atom stereocenters. The van der Waals surface area contributed by atoms with Crippen molar-refractivity contribution >= 4 is 11.8 Å². The first kappa shape index (κ1) is 13.7. The van der Waals surface area contributed by atoms with E-state index < -0.39 is 0 Å². The maximum absolute atomic E-state index is 5.92. The van der Waals surface area contributed by atoms with Gasteiger partial charge in [0.05, 0.1) is 6.10 Å². The molecule has 2 aliphatic heterocycles. The number of nitrogens with one attached hydrogen (secondary N) is 1. The predicted octanol–water partition coefficient (Wildman–Crippen LogP) is 1.58. The molecule has 0 aromatic rings. The van der Waals surface area contributed by atoms with Gasteiger partial charge >= 0.3 is 0 Å². The highest BCUT2D eigenvalue weighted by Crippen LogP contribution is 2.21. The summed E-state index contributed by atoms with van der Waals surface area (Å²) in [4.78, 5) is 2.52. The number of hydrogen-bond acceptors (Lipinski definition) is 4. The van der Waals surface area contributed by atoms with Crippen LogP contribution in [-0.4, -0.2) is 61.8 Å². The van der Waals surface area contributed by atoms with E-state index in [2.05, 4.69) is 29.0 Å². The third kappa shape index (κ3) is 4.78. The van der Waals surface area contributed by atoms with Crippen LogP contribution in [0.25, 0.3) is 0 Å². The number of rotatable bonds is 6. The Kier molecular flexibility index (Phi) is 6.12. The molecule has 0 aliphatic carbocycles. The predicted molar refractivity (Wildman–Crippen MR) is 74.8 cm³/mol. The van der Waals surface area contributed by atoms with Crippen molar-refractivity contribution in [3.63, 3.8) is 0 Å². The van der Waals surface area contributed by atoms with Crippen LogP contribution < -0.4 is 5.32 Å². The van der Waals surface area contributed by atoms with E-state index in [1.54, 1.807) is 0 Å². The minimum atomic E-state index is 0.517. The molecule has 0 saturated carbocycles. The lowest BCUT2D eigenvalue weighted by Gasteiger charge is -2.25. The molecule has 2 fully saturated rings. The van der Waals surface area contributed by atoms with Crippen LogP contribution in [0.3, 0.4) is 0 Å². The second kappa shape index (κ2) is 7.62. The summed E-state index contributed by atoms with van der Waals surface area (Å²) in [5, 5.41) is 3.37. The SMILES string of the molecule is CN(CCCOC1CCNCC1)C1CCSC1. The zero-order valence-electron chi connectivity index (χ0n) is 11.0. The Morgan fingerprint density at radius 1 is 1.29 bits per heavy atom. The summed E-state index contributed by atoms with van der Waals surface area (Å²) in [5.74, 6) is 2.67. The molecule has 2 saturated heterocycles. The fourth-order valence-corrected chi connectivity index (χ4v) is 3.88. The van der Waals surface area contributed by atoms with Gasteiger partial charge in [0, 0.05) is 24.9 Å². The summed E-state index contributed by atoms with van der Waals surface area (Å²) in [6.07, 6.45) is 5.45. The van der Waals surface area contributed by atoms with Crippen LogP contribution in [0.15, 0.2) is 0 Å². The molecule has 1 atom stereocenters. The molecule has 0 aromatic carbocycles. The van der Waals surface area contributed by atoms with Crippen LogP contribution in [0.1, 0.15) is 25.7 Å². The van der Waals surface area contributed by atoms with Crippen LogP contribution >= 0.6 is 11.8 Å². The van der Waals surface area contributed by atoms with Gasteiger partial charge in [-0.1, -0.05) is 0 Å². The second-order valence-electron chi connectivity index (χ2n) is 5.17. The Morgan fingerprint density at radius 3 is 2.82 bits per heavy atom. The summed E-state index contributed by atoms with van der Waals surface area (Å²) < 4.78 is 5.92. The van der Waals surface area contributed by atoms with Crippen LogP contribution in [-0.2, 0) is 4.74 Å². The molecular weight excluding hydrogens is 232 g/mol. The largest absolute Gasteiger partial charge is 0.378 e. The molecule has 0 spiro atoms. The molecular formula is C13H26N2OS. The normalized spacial score (nSPS) is 26.8. The average molecular weight is 258 g/mol. The van der Waals surface area contributed by atoms with E-state index in [-0.39, 0.29) is 0 Å². The quantitative estimate of drug-likeness (QED) is 0.731. The fourth-order valence-electron chi connectivity index (χ4n) is 2.58. The van der Waals surface area contributed by atoms with Gasteiger partial charge in [-0.25, -0.2) is 0 Å². The molecule has 4 heteroatoms. The van der Waals surface area contributed by atoms with Gasteiger partial charge in [0.25, 0.3) is 0 Å². The highest BCUT2D eigenvalue weighted by Gasteiger charge is 2.19. The topological polar surface area (TPSA) is 24.5 Å². The van der Waals surface area contributed by atoms with E-state index in [0.717, 1.165) is 25.7 Å². The Bertz CT molecular complexity index is 204. The molecule has 1 N–H and O–H groups in total. The lowest BCUT2D eigenvalue weighted by Crippen LogP contribution is -2.34. The molecule has 2 aliphatic rings. The minimum Gasteiger partial charge on any atom is -0.378 e. The lowest BCUT2D eigenvalue weighted by molar-refractivity contribution is 0.0276. The van der Waals surface area contributed by atoms with Gasteiger partial charge in [-0.2, -0.15) is 11.8 Å². The summed E-state index contributed by atoms with van der Waals surface area (Å²) in [6.45, 7) is 4.39. The third-order valence-electron chi connectivity index (χ3n) is 3.82. The molecule has 0 aromatic heterocycles. The van der Waals surface area contributed by atoms with Crippen molar-refractivity contribution in [3.8, 4) is 0 Å². The zero-order chi connectivity index (χ0) is 11.9. The van der Waals surface area contributed by atoms with E-state index in [1.165, 1.54) is 43.7 Å². The van der Waals surface area contributed by atoms with Gasteiger partial charge in [0.2, 0.25) is 0 Å². The number of thioether (sulfide) groups is 1. The van der Waals surface area contributed by atoms with Gasteiger partial charge in [0.1, 0.15) is 0 Å². The first-order valence-electron chi connectivity index (χ1n) is 6.96. The summed E-state index contributed by atoms with van der Waals surface area (Å²) in [5.41, 5.74) is 0. The molecule has 2 rings (SSSR count). The molecule has 0 bridgehead atoms. The van der Waals surface area contributed by atoms with Crippen molar-refractivity contribution < 1.29 is 4.74 Å². The third-order valence-corrected chi connectivity index (χ3v) is 4.97. The first-order chi connectivity index (χ1) is 8.36. The van der Waals surface area contributed by atoms with Crippen molar-refractivity contribution in [3.05, 3.63) is 0 Å². The van der Waals surface area contributed by atoms with Gasteiger partial charge < -0.3 is 15.0 Å². The van der Waals surface area contributed by atoms with E-state index in [9.17, 15) is 0 Å². The van der Waals surface area contributed by atoms with Gasteiger partial charge in [-0.05, 0) is 51.6 Å². The van der Waals surface area contributed by atoms with E-state index in [1.807, 2.05) is 0 Å². The molecule has 3 nitrogen and oxygen atoms in total. The molecule has 17 heavy (non-hydrogen) atoms. The molecule has 0 radical (unpaired) electrons. The van der Waals surface area contributed by atoms with Crippen LogP contribution in [0, 0.1) is 0 Å². The van der Waals surface area contributed by atoms with Crippen molar-refractivity contribution in [2.45, 2.75) is 37.8 Å². The maximum Gasteiger partial charge on any atom is 0.0599 e. The maximum atomic E-state index is 5.92. The first-order valence-corrected chi connectivity index (χ1v) is 8.12. The van der Waals surface area contributed by atoms with Crippen molar-refractivity contribution in [1.82, 2.24) is 10.2 Å². The van der Waals surface area contributed by atoms with E-state index in [4.69, 9.17) is 4.74 Å². The fraction of sp³-hybridized carbons (Fsp3) is 1.00. The monoisotopic (exact) mass is 258 g/mol. The lowest BCUT2D eigenvalue weighted by atomic mass is 10.1. The van der Waals surface area contributed by atoms with Crippen LogP contribution in [0.5, 0.6) is 0 Å². The zero-order valence-corrected chi connectivity index (χ0v) is 11.8. The van der Waals surface area contributed by atoms with Crippen molar-refractivity contribution in [2.75, 3.05) is 44.8 Å². The Hall–Kier alpha value is 0.230. The van der Waals surface area contributed by atoms with E-state index >= 15 is 0 Å². The van der Waals surface area contributed by atoms with Crippen molar-refractivity contribution in [2.24, 2.45) is 0 Å². The number of piperidine rings is 1. The highest BCUT2D eigenvalue weighted by atomic mass is 32.2. The minimum absolute atomic E-state index is 0.517. The Balaban J connectivity index is 1.50. The van der Waals surface area contributed by atoms with Gasteiger partial charge in [0.15, 0.2) is 0 Å². The smallest absolute Gasteiger partial charge is 0.0599 e. The van der Waals surface area contributed by atoms with Crippen LogP contribution in [0.4, 0.5) is 0 Å². The Labute approximate surface area is 110 Å². The summed E-state index contributed by atoms with van der Waals surface area (Å²) >= 11 is 2.09. The molecule has 2 heterocycles. The number of nitrogens with zero attached hydrogens (tertiary/aromatic N) is 1. The average Bonchev–Trinajstić information content (AvgIpc) is 2.89. The summed E-state index contributed by atoms with van der Waals surface area (Å²) in [6, 6.07) is 0.818. The van der Waals surface area contributed by atoms with Crippen LogP contribution in [0.2, 0.25) is 0 Å².